The lowest BCUT2D eigenvalue weighted by molar-refractivity contribution is -0.383. The van der Waals surface area contributed by atoms with Gasteiger partial charge in [0.15, 0.2) is 0 Å². The zero-order chi connectivity index (χ0) is 15.6. The lowest BCUT2D eigenvalue weighted by Gasteiger charge is -2.12. The van der Waals surface area contributed by atoms with Crippen molar-refractivity contribution in [3.05, 3.63) is 54.4 Å². The summed E-state index contributed by atoms with van der Waals surface area (Å²) in [6.45, 7) is 0. The molecule has 0 bridgehead atoms. The fourth-order valence-electron chi connectivity index (χ4n) is 1.73. The normalized spacial score (nSPS) is 10.3. The van der Waals surface area contributed by atoms with E-state index in [1.165, 1.54) is 6.07 Å². The first kappa shape index (κ1) is 16.1. The molecular weight excluding hydrogens is 427 g/mol. The number of nitrogens with one attached hydrogen (secondary N) is 1. The van der Waals surface area contributed by atoms with Crippen LogP contribution in [0.2, 0.25) is 5.02 Å². The summed E-state index contributed by atoms with van der Waals surface area (Å²) in [4.78, 5) is 10.6. The molecule has 1 N–H and O–H groups in total. The lowest BCUT2D eigenvalue weighted by Crippen LogP contribution is -1.99. The first-order valence-corrected chi connectivity index (χ1v) is 7.63. The van der Waals surface area contributed by atoms with Crippen molar-refractivity contribution in [2.45, 2.75) is 0 Å². The molecule has 8 heteroatoms. The summed E-state index contributed by atoms with van der Waals surface area (Å²) in [5.74, 6) is 0.602. The van der Waals surface area contributed by atoms with Gasteiger partial charge in [-0.2, -0.15) is 0 Å². The number of para-hydroxylation sites is 1. The van der Waals surface area contributed by atoms with Crippen molar-refractivity contribution in [1.82, 2.24) is 0 Å². The molecule has 0 saturated heterocycles. The molecule has 0 heterocycles. The summed E-state index contributed by atoms with van der Waals surface area (Å²) in [6, 6.07) is 8.21. The average Bonchev–Trinajstić information content (AvgIpc) is 2.41. The SMILES string of the molecule is COc1cc(Nc2cccc(Cl)c2[N+](=O)[O-])c(Br)cc1Br. The van der Waals surface area contributed by atoms with Gasteiger partial charge in [0.25, 0.3) is 0 Å². The van der Waals surface area contributed by atoms with E-state index in [2.05, 4.69) is 37.2 Å². The van der Waals surface area contributed by atoms with Crippen molar-refractivity contribution in [3.63, 3.8) is 0 Å². The van der Waals surface area contributed by atoms with E-state index in [0.717, 1.165) is 8.95 Å². The predicted molar refractivity (Wildman–Crippen MR) is 89.8 cm³/mol. The van der Waals surface area contributed by atoms with Gasteiger partial charge in [-0.15, -0.1) is 0 Å². The molecule has 0 aliphatic rings. The Balaban J connectivity index is 2.48. The third kappa shape index (κ3) is 3.48. The van der Waals surface area contributed by atoms with E-state index >= 15 is 0 Å². The van der Waals surface area contributed by atoms with Crippen molar-refractivity contribution < 1.29 is 9.66 Å². The van der Waals surface area contributed by atoms with Gasteiger partial charge in [0.05, 0.1) is 22.2 Å². The topological polar surface area (TPSA) is 64.4 Å². The fraction of sp³-hybridized carbons (Fsp3) is 0.0769. The van der Waals surface area contributed by atoms with Crippen LogP contribution in [0.5, 0.6) is 5.75 Å². The van der Waals surface area contributed by atoms with Gasteiger partial charge in [0.1, 0.15) is 16.5 Å². The summed E-state index contributed by atoms with van der Waals surface area (Å²) >= 11 is 12.6. The zero-order valence-corrected chi connectivity index (χ0v) is 14.6. The molecule has 0 aromatic heterocycles. The van der Waals surface area contributed by atoms with Crippen LogP contribution in [-0.4, -0.2) is 12.0 Å². The minimum atomic E-state index is -0.519. The Morgan fingerprint density at radius 1 is 1.24 bits per heavy atom. The van der Waals surface area contributed by atoms with Gasteiger partial charge < -0.3 is 10.1 Å². The standard InChI is InChI=1S/C13H9Br2ClN2O3/c1-21-12-6-11(7(14)5-8(12)15)17-10-4-2-3-9(16)13(10)18(19)20/h2-6,17H,1H3. The number of nitro benzene ring substituents is 1. The first-order chi connectivity index (χ1) is 9.93. The highest BCUT2D eigenvalue weighted by atomic mass is 79.9. The van der Waals surface area contributed by atoms with Gasteiger partial charge in [-0.3, -0.25) is 10.1 Å². The maximum Gasteiger partial charge on any atom is 0.311 e. The number of benzene rings is 2. The van der Waals surface area contributed by atoms with Crippen LogP contribution in [0.3, 0.4) is 0 Å². The Labute approximate surface area is 142 Å². The average molecular weight is 436 g/mol. The number of nitro groups is 1. The third-order valence-electron chi connectivity index (χ3n) is 2.68. The number of methoxy groups -OCH3 is 1. The molecule has 2 rings (SSSR count). The van der Waals surface area contributed by atoms with Crippen LogP contribution in [0.25, 0.3) is 0 Å². The van der Waals surface area contributed by atoms with Gasteiger partial charge in [-0.1, -0.05) is 17.7 Å². The summed E-state index contributed by atoms with van der Waals surface area (Å²) in [7, 11) is 1.54. The number of ether oxygens (including phenoxy) is 1. The van der Waals surface area contributed by atoms with Crippen LogP contribution in [-0.2, 0) is 0 Å². The second-order valence-corrected chi connectivity index (χ2v) is 6.10. The molecular formula is C13H9Br2ClN2O3. The molecule has 5 nitrogen and oxygen atoms in total. The van der Waals surface area contributed by atoms with Crippen molar-refractivity contribution in [2.75, 3.05) is 12.4 Å². The minimum Gasteiger partial charge on any atom is -0.495 e. The Bertz CT molecular complexity index is 710. The largest absolute Gasteiger partial charge is 0.495 e. The highest BCUT2D eigenvalue weighted by Crippen LogP contribution is 2.39. The van der Waals surface area contributed by atoms with Crippen LogP contribution in [0, 0.1) is 10.1 Å². The molecule has 0 fully saturated rings. The van der Waals surface area contributed by atoms with Crippen LogP contribution < -0.4 is 10.1 Å². The van der Waals surface area contributed by atoms with Crippen LogP contribution in [0.4, 0.5) is 17.1 Å². The molecule has 110 valence electrons. The first-order valence-electron chi connectivity index (χ1n) is 5.67. The van der Waals surface area contributed by atoms with Crippen LogP contribution in [0.1, 0.15) is 0 Å². The summed E-state index contributed by atoms with van der Waals surface area (Å²) in [5.41, 5.74) is 0.756. The molecule has 0 radical (unpaired) electrons. The van der Waals surface area contributed by atoms with E-state index in [1.807, 2.05) is 0 Å². The predicted octanol–water partition coefficient (Wildman–Crippen LogP) is 5.53. The molecule has 0 unspecified atom stereocenters. The van der Waals surface area contributed by atoms with Crippen molar-refractivity contribution in [3.8, 4) is 5.75 Å². The molecule has 0 atom stereocenters. The lowest BCUT2D eigenvalue weighted by atomic mass is 10.2. The van der Waals surface area contributed by atoms with E-state index in [1.54, 1.807) is 31.4 Å². The van der Waals surface area contributed by atoms with E-state index in [9.17, 15) is 10.1 Å². The quantitative estimate of drug-likeness (QED) is 0.506. The third-order valence-corrected chi connectivity index (χ3v) is 4.26. The van der Waals surface area contributed by atoms with Crippen molar-refractivity contribution in [1.29, 1.82) is 0 Å². The minimum absolute atomic E-state index is 0.0743. The second-order valence-electron chi connectivity index (χ2n) is 3.98. The van der Waals surface area contributed by atoms with Crippen LogP contribution in [0.15, 0.2) is 39.3 Å². The van der Waals surface area contributed by atoms with Gasteiger partial charge in [0.2, 0.25) is 0 Å². The highest BCUT2D eigenvalue weighted by molar-refractivity contribution is 9.11. The van der Waals surface area contributed by atoms with Gasteiger partial charge >= 0.3 is 5.69 Å². The monoisotopic (exact) mass is 434 g/mol. The molecule has 2 aromatic carbocycles. The maximum absolute atomic E-state index is 11.1. The summed E-state index contributed by atoms with van der Waals surface area (Å²) < 4.78 is 6.71. The van der Waals surface area contributed by atoms with Gasteiger partial charge in [-0.05, 0) is 50.1 Å². The van der Waals surface area contributed by atoms with Crippen molar-refractivity contribution in [2.24, 2.45) is 0 Å². The fourth-order valence-corrected chi connectivity index (χ4v) is 3.23. The Morgan fingerprint density at radius 2 is 1.95 bits per heavy atom. The van der Waals surface area contributed by atoms with Gasteiger partial charge in [-0.25, -0.2) is 0 Å². The maximum atomic E-state index is 11.1. The molecule has 21 heavy (non-hydrogen) atoms. The second kappa shape index (κ2) is 6.64. The number of hydrogen-bond acceptors (Lipinski definition) is 4. The summed E-state index contributed by atoms with van der Waals surface area (Å²) in [6.07, 6.45) is 0. The highest BCUT2D eigenvalue weighted by Gasteiger charge is 2.19. The molecule has 0 amide bonds. The Hall–Kier alpha value is -1.31. The smallest absolute Gasteiger partial charge is 0.311 e. The molecule has 0 spiro atoms. The molecule has 2 aromatic rings. The van der Waals surface area contributed by atoms with E-state index in [0.29, 0.717) is 17.1 Å². The number of anilines is 2. The molecule has 0 saturated carbocycles. The summed E-state index contributed by atoms with van der Waals surface area (Å²) in [5, 5.41) is 14.2. The Morgan fingerprint density at radius 3 is 2.57 bits per heavy atom. The van der Waals surface area contributed by atoms with E-state index < -0.39 is 4.92 Å². The Kier molecular flexibility index (Phi) is 5.08. The van der Waals surface area contributed by atoms with Crippen LogP contribution >= 0.6 is 43.5 Å². The van der Waals surface area contributed by atoms with Gasteiger partial charge in [0, 0.05) is 10.5 Å². The number of nitrogens with zero attached hydrogens (tertiary/aromatic N) is 1. The van der Waals surface area contributed by atoms with E-state index in [-0.39, 0.29) is 10.7 Å². The number of hydrogen-bond donors (Lipinski definition) is 1. The number of rotatable bonds is 4. The van der Waals surface area contributed by atoms with Crippen molar-refractivity contribution >= 4 is 60.5 Å². The zero-order valence-electron chi connectivity index (χ0n) is 10.7. The molecule has 0 aliphatic heterocycles. The van der Waals surface area contributed by atoms with E-state index in [4.69, 9.17) is 16.3 Å². The number of halogens is 3. The molecule has 0 aliphatic carbocycles.